The summed E-state index contributed by atoms with van der Waals surface area (Å²) in [4.78, 5) is 27.5. The molecule has 7 nitrogen and oxygen atoms in total. The number of hydrogen-bond donors (Lipinski definition) is 1. The molecule has 24 heavy (non-hydrogen) atoms. The molecule has 1 aromatic heterocycles. The third kappa shape index (κ3) is 4.14. The molecule has 2 amide bonds. The van der Waals surface area contributed by atoms with Gasteiger partial charge in [0, 0.05) is 51.4 Å². The Kier molecular flexibility index (Phi) is 5.50. The quantitative estimate of drug-likeness (QED) is 0.917. The number of piperidine rings is 1. The zero-order valence-electron chi connectivity index (χ0n) is 14.7. The highest BCUT2D eigenvalue weighted by Crippen LogP contribution is 2.18. The minimum Gasteiger partial charge on any atom is -0.354 e. The Bertz CT molecular complexity index is 550. The Balaban J connectivity index is 1.59. The first-order chi connectivity index (χ1) is 11.6. The lowest BCUT2D eigenvalue weighted by atomic mass is 10.1. The summed E-state index contributed by atoms with van der Waals surface area (Å²) in [6.07, 6.45) is 4.92. The highest BCUT2D eigenvalue weighted by atomic mass is 16.2. The van der Waals surface area contributed by atoms with Gasteiger partial charge in [-0.3, -0.25) is 10.2 Å². The van der Waals surface area contributed by atoms with Crippen LogP contribution in [0.3, 0.4) is 0 Å². The number of nitrogens with zero attached hydrogens (tertiary/aromatic N) is 5. The second-order valence-electron chi connectivity index (χ2n) is 6.86. The van der Waals surface area contributed by atoms with E-state index in [4.69, 9.17) is 0 Å². The number of urea groups is 1. The van der Waals surface area contributed by atoms with Crippen molar-refractivity contribution in [2.75, 3.05) is 49.5 Å². The molecule has 0 atom stereocenters. The van der Waals surface area contributed by atoms with Crippen molar-refractivity contribution in [3.05, 3.63) is 12.4 Å². The van der Waals surface area contributed by atoms with Crippen LogP contribution >= 0.6 is 0 Å². The fourth-order valence-corrected chi connectivity index (χ4v) is 3.34. The standard InChI is InChI=1S/C17H28N6O/c1-14(2)21-8-10-22(11-9-21)16-12-15(18-13-19-16)20-17(24)23-6-4-3-5-7-23/h12-14H,3-11H2,1-2H3,(H,18,19,20,24). The molecule has 0 bridgehead atoms. The number of hydrogen-bond acceptors (Lipinski definition) is 5. The normalized spacial score (nSPS) is 19.6. The lowest BCUT2D eigenvalue weighted by molar-refractivity contribution is 0.200. The number of carbonyl (C=O) groups is 1. The van der Waals surface area contributed by atoms with Crippen molar-refractivity contribution in [2.45, 2.75) is 39.2 Å². The molecule has 1 aromatic rings. The molecule has 3 heterocycles. The number of aromatic nitrogens is 2. The first-order valence-corrected chi connectivity index (χ1v) is 9.00. The maximum absolute atomic E-state index is 12.3. The Morgan fingerprint density at radius 3 is 2.42 bits per heavy atom. The van der Waals surface area contributed by atoms with Crippen LogP contribution in [0.5, 0.6) is 0 Å². The number of carbonyl (C=O) groups excluding carboxylic acids is 1. The summed E-state index contributed by atoms with van der Waals surface area (Å²) in [5, 5.41) is 2.92. The average molecular weight is 332 g/mol. The molecule has 7 heteroatoms. The van der Waals surface area contributed by atoms with Crippen LogP contribution in [0.4, 0.5) is 16.4 Å². The summed E-state index contributed by atoms with van der Waals surface area (Å²) in [5.41, 5.74) is 0. The van der Waals surface area contributed by atoms with Gasteiger partial charge in [0.2, 0.25) is 0 Å². The average Bonchev–Trinajstić information content (AvgIpc) is 2.63. The molecule has 132 valence electrons. The third-order valence-electron chi connectivity index (χ3n) is 4.90. The largest absolute Gasteiger partial charge is 0.354 e. The molecule has 2 fully saturated rings. The van der Waals surface area contributed by atoms with E-state index in [2.05, 4.69) is 38.9 Å². The Labute approximate surface area is 144 Å². The second kappa shape index (κ2) is 7.79. The Hall–Kier alpha value is -1.89. The highest BCUT2D eigenvalue weighted by molar-refractivity contribution is 5.88. The molecule has 1 N–H and O–H groups in total. The van der Waals surface area contributed by atoms with Crippen molar-refractivity contribution >= 4 is 17.7 Å². The van der Waals surface area contributed by atoms with Gasteiger partial charge in [0.1, 0.15) is 18.0 Å². The monoisotopic (exact) mass is 332 g/mol. The summed E-state index contributed by atoms with van der Waals surface area (Å²) < 4.78 is 0. The van der Waals surface area contributed by atoms with E-state index in [1.54, 1.807) is 0 Å². The van der Waals surface area contributed by atoms with Crippen LogP contribution < -0.4 is 10.2 Å². The van der Waals surface area contributed by atoms with Crippen molar-refractivity contribution in [1.82, 2.24) is 19.8 Å². The summed E-state index contributed by atoms with van der Waals surface area (Å²) in [6, 6.07) is 2.41. The van der Waals surface area contributed by atoms with Gasteiger partial charge in [-0.05, 0) is 33.1 Å². The summed E-state index contributed by atoms with van der Waals surface area (Å²) in [7, 11) is 0. The van der Waals surface area contributed by atoms with E-state index in [1.807, 2.05) is 11.0 Å². The number of rotatable bonds is 3. The minimum absolute atomic E-state index is 0.0519. The fourth-order valence-electron chi connectivity index (χ4n) is 3.34. The van der Waals surface area contributed by atoms with Crippen molar-refractivity contribution in [3.8, 4) is 0 Å². The van der Waals surface area contributed by atoms with E-state index >= 15 is 0 Å². The molecule has 0 aromatic carbocycles. The van der Waals surface area contributed by atoms with Gasteiger partial charge < -0.3 is 9.80 Å². The lowest BCUT2D eigenvalue weighted by Gasteiger charge is -2.37. The SMILES string of the molecule is CC(C)N1CCN(c2cc(NC(=O)N3CCCCC3)ncn2)CC1. The molecule has 2 aliphatic heterocycles. The number of amides is 2. The zero-order valence-corrected chi connectivity index (χ0v) is 14.7. The minimum atomic E-state index is -0.0519. The van der Waals surface area contributed by atoms with Gasteiger partial charge in [-0.2, -0.15) is 0 Å². The van der Waals surface area contributed by atoms with Gasteiger partial charge in [0.15, 0.2) is 0 Å². The molecule has 2 aliphatic rings. The maximum Gasteiger partial charge on any atom is 0.323 e. The van der Waals surface area contributed by atoms with Crippen LogP contribution in [0.25, 0.3) is 0 Å². The van der Waals surface area contributed by atoms with E-state index in [0.717, 1.165) is 57.9 Å². The smallest absolute Gasteiger partial charge is 0.323 e. The van der Waals surface area contributed by atoms with Gasteiger partial charge in [-0.25, -0.2) is 14.8 Å². The van der Waals surface area contributed by atoms with Crippen LogP contribution in [-0.2, 0) is 0 Å². The molecule has 0 unspecified atom stereocenters. The van der Waals surface area contributed by atoms with Crippen LogP contribution in [0.2, 0.25) is 0 Å². The Morgan fingerprint density at radius 2 is 1.75 bits per heavy atom. The molecule has 3 rings (SSSR count). The van der Waals surface area contributed by atoms with Crippen molar-refractivity contribution in [3.63, 3.8) is 0 Å². The van der Waals surface area contributed by atoms with Gasteiger partial charge in [0.05, 0.1) is 0 Å². The van der Waals surface area contributed by atoms with Gasteiger partial charge in [0.25, 0.3) is 0 Å². The van der Waals surface area contributed by atoms with E-state index in [0.29, 0.717) is 11.9 Å². The summed E-state index contributed by atoms with van der Waals surface area (Å²) in [5.74, 6) is 1.48. The van der Waals surface area contributed by atoms with E-state index in [1.165, 1.54) is 12.7 Å². The third-order valence-corrected chi connectivity index (χ3v) is 4.90. The molecular weight excluding hydrogens is 304 g/mol. The number of likely N-dealkylation sites (tertiary alicyclic amines) is 1. The number of nitrogens with one attached hydrogen (secondary N) is 1. The highest BCUT2D eigenvalue weighted by Gasteiger charge is 2.21. The molecular formula is C17H28N6O. The molecule has 2 saturated heterocycles. The maximum atomic E-state index is 12.3. The second-order valence-corrected chi connectivity index (χ2v) is 6.86. The number of piperazine rings is 1. The topological polar surface area (TPSA) is 64.6 Å². The predicted molar refractivity (Wildman–Crippen MR) is 95.4 cm³/mol. The molecule has 0 saturated carbocycles. The van der Waals surface area contributed by atoms with Gasteiger partial charge >= 0.3 is 6.03 Å². The van der Waals surface area contributed by atoms with Gasteiger partial charge in [-0.1, -0.05) is 0 Å². The Morgan fingerprint density at radius 1 is 1.04 bits per heavy atom. The van der Waals surface area contributed by atoms with E-state index < -0.39 is 0 Å². The van der Waals surface area contributed by atoms with Crippen molar-refractivity contribution < 1.29 is 4.79 Å². The predicted octanol–water partition coefficient (Wildman–Crippen LogP) is 2.02. The van der Waals surface area contributed by atoms with E-state index in [9.17, 15) is 4.79 Å². The number of anilines is 2. The summed E-state index contributed by atoms with van der Waals surface area (Å²) in [6.45, 7) is 10.1. The fraction of sp³-hybridized carbons (Fsp3) is 0.706. The first kappa shape index (κ1) is 17.0. The van der Waals surface area contributed by atoms with Crippen molar-refractivity contribution in [1.29, 1.82) is 0 Å². The van der Waals surface area contributed by atoms with Crippen LogP contribution in [0.15, 0.2) is 12.4 Å². The van der Waals surface area contributed by atoms with Crippen molar-refractivity contribution in [2.24, 2.45) is 0 Å². The zero-order chi connectivity index (χ0) is 16.9. The van der Waals surface area contributed by atoms with E-state index in [-0.39, 0.29) is 6.03 Å². The summed E-state index contributed by atoms with van der Waals surface area (Å²) >= 11 is 0. The van der Waals surface area contributed by atoms with Gasteiger partial charge in [-0.15, -0.1) is 0 Å². The first-order valence-electron chi connectivity index (χ1n) is 9.00. The molecule has 0 radical (unpaired) electrons. The van der Waals surface area contributed by atoms with Crippen LogP contribution in [0.1, 0.15) is 33.1 Å². The van der Waals surface area contributed by atoms with Crippen LogP contribution in [-0.4, -0.2) is 71.1 Å². The van der Waals surface area contributed by atoms with Crippen LogP contribution in [0, 0.1) is 0 Å². The lowest BCUT2D eigenvalue weighted by Crippen LogP contribution is -2.49. The molecule has 0 aliphatic carbocycles. The molecule has 0 spiro atoms.